The number of rotatable bonds is 8. The molecule has 7 heteroatoms. The quantitative estimate of drug-likeness (QED) is 0.335. The molecule has 0 N–H and O–H groups in total. The molecule has 0 spiro atoms. The Morgan fingerprint density at radius 3 is 2.62 bits per heavy atom. The molecule has 1 fully saturated rings. The highest BCUT2D eigenvalue weighted by Gasteiger charge is 2.21. The van der Waals surface area contributed by atoms with Gasteiger partial charge in [-0.25, -0.2) is 4.79 Å². The average Bonchev–Trinajstić information content (AvgIpc) is 3.36. The summed E-state index contributed by atoms with van der Waals surface area (Å²) in [6.45, 7) is 5.71. The van der Waals surface area contributed by atoms with Crippen molar-refractivity contribution in [2.45, 2.75) is 32.1 Å². The second-order valence-electron chi connectivity index (χ2n) is 9.04. The molecule has 3 aromatic rings. The molecule has 34 heavy (non-hydrogen) atoms. The van der Waals surface area contributed by atoms with E-state index >= 15 is 0 Å². The van der Waals surface area contributed by atoms with E-state index in [4.69, 9.17) is 25.5 Å². The molecule has 2 aliphatic rings. The van der Waals surface area contributed by atoms with Crippen molar-refractivity contribution in [3.63, 3.8) is 0 Å². The van der Waals surface area contributed by atoms with E-state index in [1.807, 2.05) is 18.2 Å². The number of methoxy groups -OCH3 is 1. The number of hydrogen-bond donors (Lipinski definition) is 0. The topological polar surface area (TPSA) is 55.1 Å². The van der Waals surface area contributed by atoms with E-state index < -0.39 is 0 Å². The summed E-state index contributed by atoms with van der Waals surface area (Å²) in [7, 11) is 1.73. The largest absolute Gasteiger partial charge is 0.495 e. The first-order valence-electron chi connectivity index (χ1n) is 12.2. The first kappa shape index (κ1) is 23.1. The number of aryl methyl sites for hydroxylation is 1. The van der Waals surface area contributed by atoms with Crippen molar-refractivity contribution in [2.24, 2.45) is 0 Å². The third-order valence-electron chi connectivity index (χ3n) is 6.95. The maximum absolute atomic E-state index is 12.2. The number of piperazine rings is 1. The summed E-state index contributed by atoms with van der Waals surface area (Å²) in [5, 5.41) is 1.51. The van der Waals surface area contributed by atoms with Crippen molar-refractivity contribution in [1.29, 1.82) is 0 Å². The van der Waals surface area contributed by atoms with Crippen LogP contribution in [0.1, 0.15) is 30.4 Å². The van der Waals surface area contributed by atoms with Crippen molar-refractivity contribution in [2.75, 3.05) is 51.3 Å². The number of fused-ring (bicyclic) bond motifs is 3. The van der Waals surface area contributed by atoms with Crippen LogP contribution in [0.2, 0.25) is 5.02 Å². The van der Waals surface area contributed by atoms with Gasteiger partial charge in [0.05, 0.1) is 24.4 Å². The summed E-state index contributed by atoms with van der Waals surface area (Å²) in [6.07, 6.45) is 4.68. The molecular formula is C27H31ClN2O4. The van der Waals surface area contributed by atoms with E-state index in [0.29, 0.717) is 23.0 Å². The number of unbranched alkanes of at least 4 members (excludes halogenated alkanes) is 1. The summed E-state index contributed by atoms with van der Waals surface area (Å²) < 4.78 is 17.0. The minimum absolute atomic E-state index is 0.223. The van der Waals surface area contributed by atoms with Crippen LogP contribution >= 0.6 is 11.6 Å². The van der Waals surface area contributed by atoms with E-state index in [9.17, 15) is 4.79 Å². The number of nitrogens with zero attached hydrogens (tertiary/aromatic N) is 2. The fraction of sp³-hybridized carbons (Fsp3) is 0.444. The number of halogens is 1. The lowest BCUT2D eigenvalue weighted by atomic mass is 10.1. The van der Waals surface area contributed by atoms with Crippen LogP contribution in [-0.2, 0) is 12.8 Å². The summed E-state index contributed by atoms with van der Waals surface area (Å²) in [5.41, 5.74) is 3.41. The van der Waals surface area contributed by atoms with Gasteiger partial charge < -0.3 is 18.8 Å². The molecule has 0 atom stereocenters. The molecule has 0 bridgehead atoms. The number of para-hydroxylation sites is 2. The highest BCUT2D eigenvalue weighted by atomic mass is 35.5. The second-order valence-corrected chi connectivity index (χ2v) is 9.44. The smallest absolute Gasteiger partial charge is 0.339 e. The Kier molecular flexibility index (Phi) is 6.97. The van der Waals surface area contributed by atoms with E-state index in [0.717, 1.165) is 87.1 Å². The Morgan fingerprint density at radius 1 is 1.00 bits per heavy atom. The first-order chi connectivity index (χ1) is 16.6. The van der Waals surface area contributed by atoms with Crippen molar-refractivity contribution < 1.29 is 13.9 Å². The molecule has 2 heterocycles. The van der Waals surface area contributed by atoms with Crippen LogP contribution in [0.4, 0.5) is 5.69 Å². The van der Waals surface area contributed by atoms with Gasteiger partial charge in [0.15, 0.2) is 0 Å². The molecule has 1 aliphatic heterocycles. The van der Waals surface area contributed by atoms with Gasteiger partial charge in [0.1, 0.15) is 17.1 Å². The predicted molar refractivity (Wildman–Crippen MR) is 136 cm³/mol. The van der Waals surface area contributed by atoms with E-state index in [1.165, 1.54) is 5.69 Å². The average molecular weight is 483 g/mol. The van der Waals surface area contributed by atoms with Crippen molar-refractivity contribution in [3.8, 4) is 11.5 Å². The van der Waals surface area contributed by atoms with Gasteiger partial charge in [0.25, 0.3) is 0 Å². The highest BCUT2D eigenvalue weighted by Crippen LogP contribution is 2.35. The SMILES string of the molecule is COc1ccccc1N1CCN(CCCCOc2cc3oc(=O)c4c(c3cc2Cl)CCC4)CC1. The molecule has 5 rings (SSSR count). The minimum Gasteiger partial charge on any atom is -0.495 e. The Morgan fingerprint density at radius 2 is 1.79 bits per heavy atom. The monoisotopic (exact) mass is 482 g/mol. The van der Waals surface area contributed by atoms with Gasteiger partial charge in [-0.15, -0.1) is 0 Å². The van der Waals surface area contributed by atoms with Crippen LogP contribution in [0.25, 0.3) is 11.0 Å². The summed E-state index contributed by atoms with van der Waals surface area (Å²) in [4.78, 5) is 17.2. The second kappa shape index (κ2) is 10.3. The van der Waals surface area contributed by atoms with Gasteiger partial charge in [-0.2, -0.15) is 0 Å². The van der Waals surface area contributed by atoms with Crippen LogP contribution in [0, 0.1) is 0 Å². The molecule has 1 aliphatic carbocycles. The zero-order valence-corrected chi connectivity index (χ0v) is 20.4. The van der Waals surface area contributed by atoms with Crippen molar-refractivity contribution in [3.05, 3.63) is 63.0 Å². The molecule has 2 aromatic carbocycles. The van der Waals surface area contributed by atoms with Crippen LogP contribution in [0.15, 0.2) is 45.6 Å². The predicted octanol–water partition coefficient (Wildman–Crippen LogP) is 4.92. The summed E-state index contributed by atoms with van der Waals surface area (Å²) in [6, 6.07) is 11.9. The van der Waals surface area contributed by atoms with Gasteiger partial charge >= 0.3 is 5.63 Å². The van der Waals surface area contributed by atoms with Crippen LogP contribution in [0.3, 0.4) is 0 Å². The molecule has 0 saturated carbocycles. The lowest BCUT2D eigenvalue weighted by Crippen LogP contribution is -2.46. The molecule has 6 nitrogen and oxygen atoms in total. The number of ether oxygens (including phenoxy) is 2. The fourth-order valence-electron chi connectivity index (χ4n) is 5.12. The number of benzene rings is 2. The third-order valence-corrected chi connectivity index (χ3v) is 7.25. The number of anilines is 1. The number of hydrogen-bond acceptors (Lipinski definition) is 6. The third kappa shape index (κ3) is 4.75. The Balaban J connectivity index is 1.09. The summed E-state index contributed by atoms with van der Waals surface area (Å²) in [5.74, 6) is 1.52. The van der Waals surface area contributed by atoms with Gasteiger partial charge in [-0.1, -0.05) is 23.7 Å². The van der Waals surface area contributed by atoms with Crippen molar-refractivity contribution in [1.82, 2.24) is 4.90 Å². The molecular weight excluding hydrogens is 452 g/mol. The molecule has 0 radical (unpaired) electrons. The molecule has 1 saturated heterocycles. The lowest BCUT2D eigenvalue weighted by molar-refractivity contribution is 0.238. The fourth-order valence-corrected chi connectivity index (χ4v) is 5.33. The lowest BCUT2D eigenvalue weighted by Gasteiger charge is -2.36. The van der Waals surface area contributed by atoms with E-state index in [1.54, 1.807) is 13.2 Å². The minimum atomic E-state index is -0.223. The Hall–Kier alpha value is -2.70. The van der Waals surface area contributed by atoms with Crippen molar-refractivity contribution >= 4 is 28.3 Å². The van der Waals surface area contributed by atoms with E-state index in [-0.39, 0.29) is 5.63 Å². The normalized spacial score (nSPS) is 16.1. The van der Waals surface area contributed by atoms with Crippen LogP contribution < -0.4 is 20.0 Å². The van der Waals surface area contributed by atoms with Gasteiger partial charge in [0.2, 0.25) is 0 Å². The summed E-state index contributed by atoms with van der Waals surface area (Å²) >= 11 is 6.50. The molecule has 0 unspecified atom stereocenters. The van der Waals surface area contributed by atoms with Crippen LogP contribution in [0.5, 0.6) is 11.5 Å². The first-order valence-corrected chi connectivity index (χ1v) is 12.5. The van der Waals surface area contributed by atoms with Crippen LogP contribution in [-0.4, -0.2) is 51.3 Å². The molecule has 1 aromatic heterocycles. The van der Waals surface area contributed by atoms with Gasteiger partial charge in [0, 0.05) is 43.2 Å². The van der Waals surface area contributed by atoms with Gasteiger partial charge in [-0.3, -0.25) is 4.90 Å². The van der Waals surface area contributed by atoms with Gasteiger partial charge in [-0.05, 0) is 62.4 Å². The van der Waals surface area contributed by atoms with E-state index in [2.05, 4.69) is 21.9 Å². The maximum Gasteiger partial charge on any atom is 0.339 e. The Labute approximate surface area is 205 Å². The molecule has 0 amide bonds. The zero-order valence-electron chi connectivity index (χ0n) is 19.6. The highest BCUT2D eigenvalue weighted by molar-refractivity contribution is 6.32. The molecule has 180 valence electrons. The maximum atomic E-state index is 12.2. The standard InChI is InChI=1S/C27H31ClN2O4/c1-32-24-10-3-2-9-23(24)30-14-12-29(13-15-30)11-4-5-16-33-26-18-25-21(17-22(26)28)19-7-6-8-20(19)27(31)34-25/h2-3,9-10,17-18H,4-8,11-16H2,1H3. The zero-order chi connectivity index (χ0) is 23.5. The Bertz CT molecular complexity index is 1220.